The number of carbonyl (C=O) groups excluding carboxylic acids is 1. The lowest BCUT2D eigenvalue weighted by Crippen LogP contribution is -2.19. The van der Waals surface area contributed by atoms with E-state index in [2.05, 4.69) is 32.3 Å². The molecule has 5 rings (SSSR count). The molecule has 2 N–H and O–H groups in total. The molecule has 3 aromatic heterocycles. The molecule has 1 fully saturated rings. The number of nitrogens with one attached hydrogen (secondary N) is 1. The van der Waals surface area contributed by atoms with Crippen molar-refractivity contribution in [2.75, 3.05) is 5.32 Å². The minimum absolute atomic E-state index is 0.0140. The number of oxazole rings is 2. The van der Waals surface area contributed by atoms with Gasteiger partial charge in [-0.15, -0.1) is 0 Å². The van der Waals surface area contributed by atoms with Crippen LogP contribution in [-0.2, 0) is 14.9 Å². The van der Waals surface area contributed by atoms with Crippen LogP contribution in [0.5, 0.6) is 0 Å². The molecule has 0 aliphatic heterocycles. The van der Waals surface area contributed by atoms with Gasteiger partial charge in [0.1, 0.15) is 17.2 Å². The summed E-state index contributed by atoms with van der Waals surface area (Å²) in [6, 6.07) is 9.31. The number of aryl methyl sites for hydroxylation is 1. The van der Waals surface area contributed by atoms with E-state index in [1.807, 2.05) is 30.3 Å². The summed E-state index contributed by atoms with van der Waals surface area (Å²) in [4.78, 5) is 32.0. The molecule has 3 heterocycles. The Bertz CT molecular complexity index is 1420. The first-order valence-corrected chi connectivity index (χ1v) is 10.4. The summed E-state index contributed by atoms with van der Waals surface area (Å²) in [6.07, 6.45) is -0.256. The van der Waals surface area contributed by atoms with Gasteiger partial charge in [-0.05, 0) is 38.2 Å². The fourth-order valence-corrected chi connectivity index (χ4v) is 3.35. The van der Waals surface area contributed by atoms with Crippen molar-refractivity contribution in [2.45, 2.75) is 38.2 Å². The fourth-order valence-electron chi connectivity index (χ4n) is 3.35. The van der Waals surface area contributed by atoms with E-state index in [-0.39, 0.29) is 34.6 Å². The van der Waals surface area contributed by atoms with Gasteiger partial charge in [0.25, 0.3) is 17.3 Å². The molecule has 34 heavy (non-hydrogen) atoms. The van der Waals surface area contributed by atoms with Crippen LogP contribution in [0.3, 0.4) is 0 Å². The summed E-state index contributed by atoms with van der Waals surface area (Å²) in [7, 11) is 0. The van der Waals surface area contributed by atoms with Crippen molar-refractivity contribution in [3.05, 3.63) is 59.1 Å². The van der Waals surface area contributed by atoms with Crippen molar-refractivity contribution >= 4 is 29.2 Å². The minimum Gasteiger partial charge on any atom is -0.480 e. The summed E-state index contributed by atoms with van der Waals surface area (Å²) >= 11 is 0. The molecular weight excluding hydrogens is 444 g/mol. The summed E-state index contributed by atoms with van der Waals surface area (Å²) in [6.45, 7) is 3.38. The predicted octanol–water partition coefficient (Wildman–Crippen LogP) is 3.94. The molecule has 0 spiro atoms. The number of anilines is 1. The van der Waals surface area contributed by atoms with Gasteiger partial charge in [-0.3, -0.25) is 10.1 Å². The second-order valence-electron chi connectivity index (χ2n) is 7.83. The molecule has 1 amide bonds. The Morgan fingerprint density at radius 1 is 1.15 bits per heavy atom. The summed E-state index contributed by atoms with van der Waals surface area (Å²) < 4.78 is 21.5. The van der Waals surface area contributed by atoms with Crippen LogP contribution in [0.25, 0.3) is 11.4 Å². The van der Waals surface area contributed by atoms with Gasteiger partial charge in [-0.25, -0.2) is 4.79 Å². The number of aromatic nitrogens is 3. The number of hydrogen-bond donors (Lipinski definition) is 2. The monoisotopic (exact) mass is 462 g/mol. The van der Waals surface area contributed by atoms with Crippen molar-refractivity contribution in [1.82, 2.24) is 15.1 Å². The second kappa shape index (κ2) is 8.08. The van der Waals surface area contributed by atoms with Crippen LogP contribution in [-0.4, -0.2) is 32.3 Å². The van der Waals surface area contributed by atoms with Crippen LogP contribution < -0.4 is 5.32 Å². The van der Waals surface area contributed by atoms with Crippen LogP contribution in [0, 0.1) is 18.8 Å². The molecule has 0 bridgehead atoms. The van der Waals surface area contributed by atoms with Crippen molar-refractivity contribution in [3.8, 4) is 11.8 Å². The van der Waals surface area contributed by atoms with Gasteiger partial charge < -0.3 is 23.2 Å². The molecule has 0 radical (unpaired) electrons. The topological polar surface area (TPSA) is 154 Å². The largest absolute Gasteiger partial charge is 0.480 e. The third-order valence-corrected chi connectivity index (χ3v) is 5.48. The summed E-state index contributed by atoms with van der Waals surface area (Å²) in [5.74, 6) is 4.79. The van der Waals surface area contributed by atoms with Crippen LogP contribution in [0.1, 0.15) is 54.7 Å². The Labute approximate surface area is 192 Å². The number of ether oxygens (including phenoxy) is 1. The maximum Gasteiger partial charge on any atom is 0.412 e. The number of rotatable bonds is 5. The maximum atomic E-state index is 12.4. The normalized spacial score (nSPS) is 14.8. The zero-order chi connectivity index (χ0) is 23.9. The number of carbonyl (C=O) groups is 2. The molecule has 0 saturated heterocycles. The van der Waals surface area contributed by atoms with Gasteiger partial charge in [0, 0.05) is 5.92 Å². The zero-order valence-corrected chi connectivity index (χ0v) is 18.1. The van der Waals surface area contributed by atoms with Crippen LogP contribution in [0.4, 0.5) is 10.5 Å². The number of amides is 1. The number of carboxylic acid groups (broad SMARTS) is 1. The van der Waals surface area contributed by atoms with Gasteiger partial charge in [-0.2, -0.15) is 9.97 Å². The molecule has 11 heteroatoms. The average Bonchev–Trinajstić information content (AvgIpc) is 3.26. The average molecular weight is 462 g/mol. The van der Waals surface area contributed by atoms with Crippen LogP contribution in [0.2, 0.25) is 0 Å². The third kappa shape index (κ3) is 3.86. The Morgan fingerprint density at radius 3 is 2.56 bits per heavy atom. The van der Waals surface area contributed by atoms with E-state index in [0.717, 1.165) is 5.56 Å². The quantitative estimate of drug-likeness (QED) is 0.417. The molecule has 1 aliphatic carbocycles. The molecule has 1 unspecified atom stereocenters. The number of fused-ring (bicyclic) bond motifs is 1. The maximum absolute atomic E-state index is 12.4. The SMILES string of the molecule is Cc1onc(C#Cc2nc3oc(C4(C(=O)O)CC4)nc3o2)c1NC(=O)OC(C)c1ccccc1. The highest BCUT2D eigenvalue weighted by atomic mass is 16.6. The number of aliphatic carboxylic acids is 1. The predicted molar refractivity (Wildman–Crippen MR) is 115 cm³/mol. The molecule has 1 atom stereocenters. The molecule has 1 saturated carbocycles. The van der Waals surface area contributed by atoms with Gasteiger partial charge in [0.05, 0.1) is 0 Å². The van der Waals surface area contributed by atoms with E-state index in [0.29, 0.717) is 18.6 Å². The first-order chi connectivity index (χ1) is 16.4. The first kappa shape index (κ1) is 21.3. The number of carboxylic acids is 1. The van der Waals surface area contributed by atoms with Gasteiger partial charge in [-0.1, -0.05) is 35.5 Å². The zero-order valence-electron chi connectivity index (χ0n) is 18.1. The van der Waals surface area contributed by atoms with Crippen molar-refractivity contribution in [2.24, 2.45) is 0 Å². The molecular formula is C23H18N4O7. The smallest absolute Gasteiger partial charge is 0.412 e. The second-order valence-corrected chi connectivity index (χ2v) is 7.83. The van der Waals surface area contributed by atoms with E-state index in [1.54, 1.807) is 13.8 Å². The lowest BCUT2D eigenvalue weighted by atomic mass is 10.1. The first-order valence-electron chi connectivity index (χ1n) is 10.4. The molecule has 1 aliphatic rings. The van der Waals surface area contributed by atoms with E-state index in [1.165, 1.54) is 0 Å². The third-order valence-electron chi connectivity index (χ3n) is 5.48. The van der Waals surface area contributed by atoms with E-state index >= 15 is 0 Å². The Hall–Kier alpha value is -4.59. The molecule has 172 valence electrons. The van der Waals surface area contributed by atoms with Crippen molar-refractivity contribution < 1.29 is 32.8 Å². The number of nitrogens with zero attached hydrogens (tertiary/aromatic N) is 3. The molecule has 1 aromatic carbocycles. The highest BCUT2D eigenvalue weighted by Crippen LogP contribution is 2.48. The Balaban J connectivity index is 1.30. The lowest BCUT2D eigenvalue weighted by molar-refractivity contribution is -0.140. The number of hydrogen-bond acceptors (Lipinski definition) is 9. The fraction of sp³-hybridized carbons (Fsp3) is 0.261. The van der Waals surface area contributed by atoms with Gasteiger partial charge >= 0.3 is 12.1 Å². The Kier molecular flexibility index (Phi) is 5.05. The van der Waals surface area contributed by atoms with Crippen LogP contribution in [0.15, 0.2) is 43.7 Å². The highest BCUT2D eigenvalue weighted by Gasteiger charge is 2.56. The van der Waals surface area contributed by atoms with Gasteiger partial charge in [0.2, 0.25) is 5.89 Å². The van der Waals surface area contributed by atoms with Crippen LogP contribution >= 0.6 is 0 Å². The molecule has 11 nitrogen and oxygen atoms in total. The molecule has 4 aromatic rings. The van der Waals surface area contributed by atoms with E-state index in [9.17, 15) is 14.7 Å². The van der Waals surface area contributed by atoms with Crippen molar-refractivity contribution in [1.29, 1.82) is 0 Å². The highest BCUT2D eigenvalue weighted by molar-refractivity contribution is 5.87. The lowest BCUT2D eigenvalue weighted by Gasteiger charge is -2.13. The van der Waals surface area contributed by atoms with E-state index in [4.69, 9.17) is 18.1 Å². The Morgan fingerprint density at radius 2 is 1.88 bits per heavy atom. The minimum atomic E-state index is -1.10. The summed E-state index contributed by atoms with van der Waals surface area (Å²) in [5.41, 5.74) is 0.264. The summed E-state index contributed by atoms with van der Waals surface area (Å²) in [5, 5.41) is 15.8. The number of benzene rings is 1. The standard InChI is InChI=1S/C23H18N4O7/c1-12(14-6-4-3-5-7-14)31-22(30)25-17-13(2)34-27-15(17)8-9-16-24-18-19(32-16)26-20(33-18)23(10-11-23)21(28)29/h3-7,12H,10-11H2,1-2H3,(H,25,30)(H,28,29). The van der Waals surface area contributed by atoms with Crippen molar-refractivity contribution in [3.63, 3.8) is 0 Å². The van der Waals surface area contributed by atoms with E-state index < -0.39 is 23.6 Å². The van der Waals surface area contributed by atoms with Gasteiger partial charge in [0.15, 0.2) is 11.5 Å².